The van der Waals surface area contributed by atoms with Gasteiger partial charge in [-0.15, -0.1) is 10.2 Å². The molecule has 1 unspecified atom stereocenters. The molecule has 1 aromatic heterocycles. The summed E-state index contributed by atoms with van der Waals surface area (Å²) in [5.41, 5.74) is 1.27. The minimum atomic E-state index is 0.111. The van der Waals surface area contributed by atoms with E-state index >= 15 is 0 Å². The topological polar surface area (TPSA) is 76.4 Å². The number of nitrogens with one attached hydrogen (secondary N) is 2. The molecule has 2 N–H and O–H groups in total. The highest BCUT2D eigenvalue weighted by Gasteiger charge is 2.22. The van der Waals surface area contributed by atoms with Gasteiger partial charge in [-0.1, -0.05) is 24.6 Å². The lowest BCUT2D eigenvalue weighted by molar-refractivity contribution is 0.241. The molecule has 0 radical (unpaired) electrons. The van der Waals surface area contributed by atoms with E-state index in [-0.39, 0.29) is 6.10 Å². The maximum absolute atomic E-state index is 5.99. The van der Waals surface area contributed by atoms with Gasteiger partial charge in [0.1, 0.15) is 23.5 Å². The average Bonchev–Trinajstić information content (AvgIpc) is 3.22. The molecule has 1 aromatic carbocycles. The van der Waals surface area contributed by atoms with Crippen molar-refractivity contribution < 1.29 is 4.74 Å². The largest absolute Gasteiger partial charge is 0.488 e. The van der Waals surface area contributed by atoms with Crippen LogP contribution >= 0.6 is 0 Å². The van der Waals surface area contributed by atoms with Crippen LogP contribution in [0.5, 0.6) is 5.75 Å². The van der Waals surface area contributed by atoms with Crippen LogP contribution in [-0.4, -0.2) is 46.5 Å². The predicted octanol–water partition coefficient (Wildman–Crippen LogP) is 2.11. The number of para-hydroxylation sites is 1. The zero-order valence-electron chi connectivity index (χ0n) is 16.7. The predicted molar refractivity (Wildman–Crippen MR) is 110 cm³/mol. The molecule has 7 heteroatoms. The molecule has 0 amide bonds. The zero-order valence-corrected chi connectivity index (χ0v) is 16.7. The molecule has 2 aromatic rings. The van der Waals surface area contributed by atoms with Crippen LogP contribution in [0.1, 0.15) is 43.4 Å². The summed E-state index contributed by atoms with van der Waals surface area (Å²) >= 11 is 0. The third-order valence-electron chi connectivity index (χ3n) is 5.34. The van der Waals surface area contributed by atoms with Crippen molar-refractivity contribution in [3.05, 3.63) is 41.5 Å². The Balaban J connectivity index is 1.29. The molecule has 3 heterocycles. The number of fused-ring (bicyclic) bond motifs is 2. The highest BCUT2D eigenvalue weighted by molar-refractivity contribution is 5.79. The van der Waals surface area contributed by atoms with Gasteiger partial charge in [0.05, 0.1) is 6.54 Å². The average molecular weight is 383 g/mol. The van der Waals surface area contributed by atoms with Crippen molar-refractivity contribution in [2.24, 2.45) is 4.99 Å². The van der Waals surface area contributed by atoms with Crippen LogP contribution in [-0.2, 0) is 25.8 Å². The van der Waals surface area contributed by atoms with Gasteiger partial charge in [-0.3, -0.25) is 0 Å². The number of aromatic nitrogens is 3. The van der Waals surface area contributed by atoms with E-state index in [0.29, 0.717) is 6.54 Å². The van der Waals surface area contributed by atoms with Gasteiger partial charge >= 0.3 is 0 Å². The highest BCUT2D eigenvalue weighted by atomic mass is 16.5. The zero-order chi connectivity index (χ0) is 19.2. The molecule has 0 bridgehead atoms. The van der Waals surface area contributed by atoms with Gasteiger partial charge in [-0.2, -0.15) is 0 Å². The number of nitrogens with zero attached hydrogens (tertiary/aromatic N) is 4. The molecule has 4 rings (SSSR count). The number of benzene rings is 1. The Kier molecular flexibility index (Phi) is 6.09. The van der Waals surface area contributed by atoms with Gasteiger partial charge in [-0.25, -0.2) is 4.99 Å². The smallest absolute Gasteiger partial charge is 0.191 e. The number of ether oxygens (including phenoxy) is 1. The normalized spacial score (nSPS) is 18.8. The van der Waals surface area contributed by atoms with E-state index in [0.717, 1.165) is 62.3 Å². The van der Waals surface area contributed by atoms with Crippen LogP contribution in [0.3, 0.4) is 0 Å². The van der Waals surface area contributed by atoms with E-state index < -0.39 is 0 Å². The molecule has 0 saturated heterocycles. The molecule has 0 spiro atoms. The van der Waals surface area contributed by atoms with Crippen molar-refractivity contribution in [2.75, 3.05) is 19.6 Å². The highest BCUT2D eigenvalue weighted by Crippen LogP contribution is 2.28. The molecular formula is C21H30N6O. The van der Waals surface area contributed by atoms with Gasteiger partial charge in [0, 0.05) is 38.9 Å². The van der Waals surface area contributed by atoms with Crippen LogP contribution in [0.15, 0.2) is 29.3 Å². The molecule has 0 saturated carbocycles. The van der Waals surface area contributed by atoms with Crippen molar-refractivity contribution in [2.45, 2.75) is 58.1 Å². The number of aliphatic imine (C=N–C) groups is 1. The van der Waals surface area contributed by atoms with E-state index in [1.807, 2.05) is 12.1 Å². The number of rotatable bonds is 6. The van der Waals surface area contributed by atoms with Crippen molar-refractivity contribution in [1.82, 2.24) is 25.4 Å². The minimum absolute atomic E-state index is 0.111. The van der Waals surface area contributed by atoms with Gasteiger partial charge in [0.2, 0.25) is 0 Å². The van der Waals surface area contributed by atoms with Crippen LogP contribution < -0.4 is 15.4 Å². The summed E-state index contributed by atoms with van der Waals surface area (Å²) in [5, 5.41) is 15.5. The van der Waals surface area contributed by atoms with E-state index in [2.05, 4.69) is 44.5 Å². The SMILES string of the molecule is CCNC(=NCC1Cc2ccccc2O1)NCCc1nnc2n1CCCCC2. The molecule has 2 aliphatic rings. The summed E-state index contributed by atoms with van der Waals surface area (Å²) in [6.07, 6.45) is 6.66. The Morgan fingerprint density at radius 2 is 2.14 bits per heavy atom. The van der Waals surface area contributed by atoms with Crippen LogP contribution in [0.4, 0.5) is 0 Å². The Morgan fingerprint density at radius 3 is 3.04 bits per heavy atom. The minimum Gasteiger partial charge on any atom is -0.488 e. The molecular weight excluding hydrogens is 352 g/mol. The first-order valence-corrected chi connectivity index (χ1v) is 10.5. The van der Waals surface area contributed by atoms with E-state index in [4.69, 9.17) is 9.73 Å². The van der Waals surface area contributed by atoms with Crippen LogP contribution in [0.2, 0.25) is 0 Å². The maximum atomic E-state index is 5.99. The first-order valence-electron chi connectivity index (χ1n) is 10.5. The lowest BCUT2D eigenvalue weighted by atomic mass is 10.1. The van der Waals surface area contributed by atoms with Gasteiger partial charge in [-0.05, 0) is 31.4 Å². The molecule has 2 aliphatic heterocycles. The Hall–Kier alpha value is -2.57. The molecule has 1 atom stereocenters. The lowest BCUT2D eigenvalue weighted by Crippen LogP contribution is -2.39. The lowest BCUT2D eigenvalue weighted by Gasteiger charge is -2.13. The molecule has 7 nitrogen and oxygen atoms in total. The summed E-state index contributed by atoms with van der Waals surface area (Å²) < 4.78 is 8.30. The second-order valence-corrected chi connectivity index (χ2v) is 7.44. The van der Waals surface area contributed by atoms with E-state index in [9.17, 15) is 0 Å². The summed E-state index contributed by atoms with van der Waals surface area (Å²) in [4.78, 5) is 4.73. The molecule has 28 heavy (non-hydrogen) atoms. The van der Waals surface area contributed by atoms with Crippen LogP contribution in [0.25, 0.3) is 0 Å². The third-order valence-corrected chi connectivity index (χ3v) is 5.34. The maximum Gasteiger partial charge on any atom is 0.191 e. The van der Waals surface area contributed by atoms with Gasteiger partial charge in [0.15, 0.2) is 5.96 Å². The Labute approximate surface area is 166 Å². The second-order valence-electron chi connectivity index (χ2n) is 7.44. The van der Waals surface area contributed by atoms with Gasteiger partial charge in [0.25, 0.3) is 0 Å². The van der Waals surface area contributed by atoms with Crippen molar-refractivity contribution >= 4 is 5.96 Å². The summed E-state index contributed by atoms with van der Waals surface area (Å²) in [6.45, 7) is 5.39. The molecule has 0 fully saturated rings. The molecule has 0 aliphatic carbocycles. The third kappa shape index (κ3) is 4.46. The Bertz CT molecular complexity index is 790. The fourth-order valence-corrected chi connectivity index (χ4v) is 3.91. The first kappa shape index (κ1) is 18.8. The van der Waals surface area contributed by atoms with Gasteiger partial charge < -0.3 is 19.9 Å². The monoisotopic (exact) mass is 382 g/mol. The van der Waals surface area contributed by atoms with E-state index in [1.54, 1.807) is 0 Å². The fourth-order valence-electron chi connectivity index (χ4n) is 3.91. The fraction of sp³-hybridized carbons (Fsp3) is 0.571. The number of hydrogen-bond acceptors (Lipinski definition) is 4. The summed E-state index contributed by atoms with van der Waals surface area (Å²) in [5.74, 6) is 4.05. The second kappa shape index (κ2) is 9.08. The quantitative estimate of drug-likeness (QED) is 0.591. The summed E-state index contributed by atoms with van der Waals surface area (Å²) in [6, 6.07) is 8.24. The van der Waals surface area contributed by atoms with Crippen molar-refractivity contribution in [3.63, 3.8) is 0 Å². The first-order chi connectivity index (χ1) is 13.8. The van der Waals surface area contributed by atoms with Crippen molar-refractivity contribution in [1.29, 1.82) is 0 Å². The van der Waals surface area contributed by atoms with Crippen LogP contribution in [0, 0.1) is 0 Å². The number of guanidine groups is 1. The number of aryl methyl sites for hydroxylation is 1. The standard InChI is InChI=1S/C21H30N6O/c1-2-22-21(24-15-17-14-16-8-5-6-9-18(16)28-17)23-12-11-20-26-25-19-10-4-3-7-13-27(19)20/h5-6,8-9,17H,2-4,7,10-15H2,1H3,(H2,22,23,24). The van der Waals surface area contributed by atoms with E-state index in [1.165, 1.54) is 24.8 Å². The number of hydrogen-bond donors (Lipinski definition) is 2. The molecule has 150 valence electrons. The summed E-state index contributed by atoms with van der Waals surface area (Å²) in [7, 11) is 0. The van der Waals surface area contributed by atoms with Crippen molar-refractivity contribution in [3.8, 4) is 5.75 Å². The Morgan fingerprint density at radius 1 is 1.21 bits per heavy atom.